The molecule has 0 saturated carbocycles. The molecule has 1 amide bonds. The van der Waals surface area contributed by atoms with Gasteiger partial charge in [-0.2, -0.15) is 0 Å². The maximum absolute atomic E-state index is 12.6. The van der Waals surface area contributed by atoms with Crippen LogP contribution in [0.25, 0.3) is 10.8 Å². The highest BCUT2D eigenvalue weighted by Gasteiger charge is 2.37. The van der Waals surface area contributed by atoms with E-state index in [0.29, 0.717) is 18.3 Å². The number of hydrogen-bond donors (Lipinski definition) is 1. The van der Waals surface area contributed by atoms with Crippen LogP contribution in [0.4, 0.5) is 0 Å². The van der Waals surface area contributed by atoms with E-state index in [9.17, 15) is 4.79 Å². The summed E-state index contributed by atoms with van der Waals surface area (Å²) in [4.78, 5) is 14.7. The molecule has 0 radical (unpaired) electrons. The molecule has 2 saturated heterocycles. The molecule has 4 rings (SSSR count). The molecule has 3 nitrogen and oxygen atoms in total. The van der Waals surface area contributed by atoms with Crippen LogP contribution in [0.1, 0.15) is 5.56 Å². The molecule has 116 valence electrons. The Morgan fingerprint density at radius 1 is 1.05 bits per heavy atom. The van der Waals surface area contributed by atoms with Crippen molar-refractivity contribution in [3.8, 4) is 0 Å². The van der Waals surface area contributed by atoms with Crippen molar-refractivity contribution in [2.75, 3.05) is 26.2 Å². The maximum Gasteiger partial charge on any atom is 0.227 e. The van der Waals surface area contributed by atoms with Crippen molar-refractivity contribution < 1.29 is 4.79 Å². The van der Waals surface area contributed by atoms with Crippen LogP contribution in [-0.4, -0.2) is 37.0 Å². The Labute approximate surface area is 137 Å². The van der Waals surface area contributed by atoms with E-state index >= 15 is 0 Å². The highest BCUT2D eigenvalue weighted by Crippen LogP contribution is 2.27. The Hall–Kier alpha value is -1.58. The minimum atomic E-state index is 0. The van der Waals surface area contributed by atoms with Gasteiger partial charge in [-0.3, -0.25) is 4.79 Å². The number of hydrogen-bond acceptors (Lipinski definition) is 2. The lowest BCUT2D eigenvalue weighted by atomic mass is 10.0. The fourth-order valence-corrected chi connectivity index (χ4v) is 3.78. The normalized spacial score (nSPS) is 23.4. The zero-order chi connectivity index (χ0) is 14.2. The number of carbonyl (C=O) groups excluding carboxylic acids is 1. The third-order valence-electron chi connectivity index (χ3n) is 4.96. The molecule has 2 aliphatic rings. The van der Waals surface area contributed by atoms with Crippen molar-refractivity contribution in [1.82, 2.24) is 10.2 Å². The SMILES string of the molecule is Cl.O=C(Cc1cccc2ccccc12)N1C[C@H]2CNC[C@H]2C1. The quantitative estimate of drug-likeness (QED) is 0.923. The Kier molecular flexibility index (Phi) is 4.37. The number of fused-ring (bicyclic) bond motifs is 2. The first-order chi connectivity index (χ1) is 10.3. The summed E-state index contributed by atoms with van der Waals surface area (Å²) in [7, 11) is 0. The Bertz CT molecular complexity index is 670. The van der Waals surface area contributed by atoms with Gasteiger partial charge in [0, 0.05) is 26.2 Å². The summed E-state index contributed by atoms with van der Waals surface area (Å²) >= 11 is 0. The topological polar surface area (TPSA) is 32.3 Å². The van der Waals surface area contributed by atoms with Crippen molar-refractivity contribution in [3.63, 3.8) is 0 Å². The molecule has 4 heteroatoms. The van der Waals surface area contributed by atoms with E-state index in [4.69, 9.17) is 0 Å². The van der Waals surface area contributed by atoms with Crippen LogP contribution in [-0.2, 0) is 11.2 Å². The predicted molar refractivity (Wildman–Crippen MR) is 91.3 cm³/mol. The first-order valence-electron chi connectivity index (χ1n) is 7.76. The molecule has 2 heterocycles. The van der Waals surface area contributed by atoms with E-state index in [1.165, 1.54) is 10.8 Å². The van der Waals surface area contributed by atoms with Crippen LogP contribution in [0.5, 0.6) is 0 Å². The van der Waals surface area contributed by atoms with Gasteiger partial charge in [-0.15, -0.1) is 12.4 Å². The fraction of sp³-hybridized carbons (Fsp3) is 0.389. The molecule has 2 aromatic carbocycles. The van der Waals surface area contributed by atoms with Gasteiger partial charge in [-0.25, -0.2) is 0 Å². The molecule has 0 spiro atoms. The Balaban J connectivity index is 0.00000144. The zero-order valence-electron chi connectivity index (χ0n) is 12.5. The summed E-state index contributed by atoms with van der Waals surface area (Å²) in [5.41, 5.74) is 1.15. The molecule has 2 atom stereocenters. The molecule has 22 heavy (non-hydrogen) atoms. The molecule has 2 aromatic rings. The summed E-state index contributed by atoms with van der Waals surface area (Å²) in [6.45, 7) is 4.01. The molecule has 0 bridgehead atoms. The largest absolute Gasteiger partial charge is 0.342 e. The molecular formula is C18H21ClN2O. The van der Waals surface area contributed by atoms with Gasteiger partial charge in [0.05, 0.1) is 6.42 Å². The summed E-state index contributed by atoms with van der Waals surface area (Å²) < 4.78 is 0. The highest BCUT2D eigenvalue weighted by molar-refractivity contribution is 5.90. The van der Waals surface area contributed by atoms with Gasteiger partial charge in [0.2, 0.25) is 5.91 Å². The van der Waals surface area contributed by atoms with E-state index in [1.807, 2.05) is 18.2 Å². The first kappa shape index (κ1) is 15.3. The summed E-state index contributed by atoms with van der Waals surface area (Å²) in [5.74, 6) is 1.61. The molecular weight excluding hydrogens is 296 g/mol. The highest BCUT2D eigenvalue weighted by atomic mass is 35.5. The Morgan fingerprint density at radius 3 is 2.50 bits per heavy atom. The molecule has 0 unspecified atom stereocenters. The fourth-order valence-electron chi connectivity index (χ4n) is 3.78. The van der Waals surface area contributed by atoms with Crippen molar-refractivity contribution in [2.24, 2.45) is 11.8 Å². The summed E-state index contributed by atoms with van der Waals surface area (Å²) in [6, 6.07) is 14.5. The monoisotopic (exact) mass is 316 g/mol. The van der Waals surface area contributed by atoms with Gasteiger partial charge in [0.15, 0.2) is 0 Å². The number of nitrogens with one attached hydrogen (secondary N) is 1. The number of likely N-dealkylation sites (tertiary alicyclic amines) is 1. The number of nitrogens with zero attached hydrogens (tertiary/aromatic N) is 1. The molecule has 0 aliphatic carbocycles. The number of carbonyl (C=O) groups is 1. The van der Waals surface area contributed by atoms with Crippen molar-refractivity contribution in [1.29, 1.82) is 0 Å². The molecule has 2 fully saturated rings. The first-order valence-corrected chi connectivity index (χ1v) is 7.76. The van der Waals surface area contributed by atoms with Crippen molar-refractivity contribution >= 4 is 29.1 Å². The average molecular weight is 317 g/mol. The second-order valence-corrected chi connectivity index (χ2v) is 6.29. The van der Waals surface area contributed by atoms with Gasteiger partial charge in [0.25, 0.3) is 0 Å². The van der Waals surface area contributed by atoms with Gasteiger partial charge in [-0.05, 0) is 28.2 Å². The Morgan fingerprint density at radius 2 is 1.73 bits per heavy atom. The van der Waals surface area contributed by atoms with Crippen LogP contribution in [0.15, 0.2) is 42.5 Å². The van der Waals surface area contributed by atoms with E-state index in [2.05, 4.69) is 34.5 Å². The van der Waals surface area contributed by atoms with E-state index < -0.39 is 0 Å². The van der Waals surface area contributed by atoms with Gasteiger partial charge in [0.1, 0.15) is 0 Å². The average Bonchev–Trinajstić information content (AvgIpc) is 3.09. The van der Waals surface area contributed by atoms with Crippen LogP contribution in [0.2, 0.25) is 0 Å². The van der Waals surface area contributed by atoms with Gasteiger partial charge in [-0.1, -0.05) is 42.5 Å². The van der Waals surface area contributed by atoms with E-state index in [0.717, 1.165) is 31.7 Å². The maximum atomic E-state index is 12.6. The summed E-state index contributed by atoms with van der Waals surface area (Å²) in [5, 5.41) is 5.84. The second-order valence-electron chi connectivity index (χ2n) is 6.29. The smallest absolute Gasteiger partial charge is 0.227 e. The van der Waals surface area contributed by atoms with Crippen LogP contribution in [0, 0.1) is 11.8 Å². The van der Waals surface area contributed by atoms with E-state index in [-0.39, 0.29) is 18.3 Å². The number of benzene rings is 2. The minimum Gasteiger partial charge on any atom is -0.342 e. The third kappa shape index (κ3) is 2.71. The molecule has 2 aliphatic heterocycles. The number of amides is 1. The second kappa shape index (κ2) is 6.27. The van der Waals surface area contributed by atoms with Gasteiger partial charge < -0.3 is 10.2 Å². The van der Waals surface area contributed by atoms with Crippen molar-refractivity contribution in [2.45, 2.75) is 6.42 Å². The van der Waals surface area contributed by atoms with Crippen LogP contribution >= 0.6 is 12.4 Å². The summed E-state index contributed by atoms with van der Waals surface area (Å²) in [6.07, 6.45) is 0.522. The standard InChI is InChI=1S/C18H20N2O.ClH/c21-18(20-11-15-9-19-10-16(15)12-20)8-14-6-3-5-13-4-1-2-7-17(13)14;/h1-7,15-16,19H,8-12H2;1H/t15-,16+;. The minimum absolute atomic E-state index is 0. The predicted octanol–water partition coefficient (Wildman–Crippen LogP) is 2.48. The van der Waals surface area contributed by atoms with Crippen molar-refractivity contribution in [3.05, 3.63) is 48.0 Å². The van der Waals surface area contributed by atoms with Crippen LogP contribution in [0.3, 0.4) is 0 Å². The third-order valence-corrected chi connectivity index (χ3v) is 4.96. The van der Waals surface area contributed by atoms with Gasteiger partial charge >= 0.3 is 0 Å². The molecule has 0 aromatic heterocycles. The lowest BCUT2D eigenvalue weighted by molar-refractivity contribution is -0.129. The lowest BCUT2D eigenvalue weighted by Gasteiger charge is -2.18. The van der Waals surface area contributed by atoms with E-state index in [1.54, 1.807) is 0 Å². The number of rotatable bonds is 2. The molecule has 1 N–H and O–H groups in total. The zero-order valence-corrected chi connectivity index (χ0v) is 13.3. The lowest BCUT2D eigenvalue weighted by Crippen LogP contribution is -2.33. The number of halogens is 1. The van der Waals surface area contributed by atoms with Crippen LogP contribution < -0.4 is 5.32 Å².